The fraction of sp³-hybridized carbons (Fsp3) is 0.333. The Balaban J connectivity index is 2.09. The van der Waals surface area contributed by atoms with Gasteiger partial charge in [-0.25, -0.2) is 0 Å². The summed E-state index contributed by atoms with van der Waals surface area (Å²) in [6.45, 7) is 4.20. The lowest BCUT2D eigenvalue weighted by Gasteiger charge is -2.27. The summed E-state index contributed by atoms with van der Waals surface area (Å²) >= 11 is 1.53. The number of ketones is 1. The van der Waals surface area contributed by atoms with Gasteiger partial charge in [0.05, 0.1) is 25.3 Å². The number of Topliss-reactive ketones (excluding diaryl/α,β-unsaturated/α-hetero) is 1. The summed E-state index contributed by atoms with van der Waals surface area (Å²) in [6.07, 6.45) is 0.269. The number of para-hydroxylation sites is 1. The topological polar surface area (TPSA) is 66.8 Å². The molecule has 1 aromatic heterocycles. The molecule has 6 heteroatoms. The Morgan fingerprint density at radius 1 is 1.26 bits per heavy atom. The normalized spacial score (nSPS) is 17.1. The second-order valence-electron chi connectivity index (χ2n) is 6.94. The maximum Gasteiger partial charge on any atom is 0.290 e. The monoisotopic (exact) mass is 385 g/mol. The number of aliphatic hydroxyl groups excluding tert-OH is 1. The zero-order valence-corrected chi connectivity index (χ0v) is 16.5. The van der Waals surface area contributed by atoms with Gasteiger partial charge in [-0.05, 0) is 23.4 Å². The van der Waals surface area contributed by atoms with Gasteiger partial charge in [0.15, 0.2) is 11.5 Å². The van der Waals surface area contributed by atoms with Crippen LogP contribution in [-0.2, 0) is 16.1 Å². The van der Waals surface area contributed by atoms with Gasteiger partial charge in [0.2, 0.25) is 0 Å². The molecule has 27 heavy (non-hydrogen) atoms. The Morgan fingerprint density at radius 3 is 2.63 bits per heavy atom. The zero-order valence-electron chi connectivity index (χ0n) is 15.6. The first kappa shape index (κ1) is 19.2. The lowest BCUT2D eigenvalue weighted by Crippen LogP contribution is -2.30. The largest absolute Gasteiger partial charge is 0.503 e. The Kier molecular flexibility index (Phi) is 5.65. The van der Waals surface area contributed by atoms with Crippen LogP contribution in [0.15, 0.2) is 53.1 Å². The smallest absolute Gasteiger partial charge is 0.290 e. The van der Waals surface area contributed by atoms with Gasteiger partial charge in [0.25, 0.3) is 5.91 Å². The minimum absolute atomic E-state index is 0.123. The van der Waals surface area contributed by atoms with Crippen molar-refractivity contribution in [2.75, 3.05) is 7.11 Å². The highest BCUT2D eigenvalue weighted by atomic mass is 32.1. The SMILES string of the molecule is COc1ccccc1C1C(C(=O)CC(C)C)=C(O)C(=O)N1Cc1cccs1. The summed E-state index contributed by atoms with van der Waals surface area (Å²) in [4.78, 5) is 28.3. The molecule has 0 fully saturated rings. The van der Waals surface area contributed by atoms with E-state index in [0.29, 0.717) is 17.9 Å². The molecule has 0 aliphatic carbocycles. The van der Waals surface area contributed by atoms with Gasteiger partial charge >= 0.3 is 0 Å². The van der Waals surface area contributed by atoms with Crippen LogP contribution in [0.25, 0.3) is 0 Å². The minimum Gasteiger partial charge on any atom is -0.503 e. The summed E-state index contributed by atoms with van der Waals surface area (Å²) in [6, 6.07) is 10.5. The summed E-state index contributed by atoms with van der Waals surface area (Å²) in [5, 5.41) is 12.5. The number of carbonyl (C=O) groups is 2. The van der Waals surface area contributed by atoms with E-state index in [-0.39, 0.29) is 23.7 Å². The van der Waals surface area contributed by atoms with E-state index >= 15 is 0 Å². The van der Waals surface area contributed by atoms with Gasteiger partial charge in [-0.3, -0.25) is 9.59 Å². The molecule has 1 atom stereocenters. The summed E-state index contributed by atoms with van der Waals surface area (Å²) in [5.41, 5.74) is 0.857. The number of amides is 1. The quantitative estimate of drug-likeness (QED) is 0.773. The second-order valence-corrected chi connectivity index (χ2v) is 7.97. The number of hydrogen-bond donors (Lipinski definition) is 1. The Labute approximate surface area is 162 Å². The third-order valence-electron chi connectivity index (χ3n) is 4.54. The minimum atomic E-state index is -0.665. The van der Waals surface area contributed by atoms with E-state index in [9.17, 15) is 14.7 Å². The van der Waals surface area contributed by atoms with Gasteiger partial charge in [-0.15, -0.1) is 11.3 Å². The third-order valence-corrected chi connectivity index (χ3v) is 5.40. The second kappa shape index (κ2) is 7.96. The standard InChI is InChI=1S/C21H23NO4S/c1-13(2)11-16(23)18-19(15-8-4-5-9-17(15)26-3)22(21(25)20(18)24)12-14-7-6-10-27-14/h4-10,13,19,24H,11-12H2,1-3H3. The first-order chi connectivity index (χ1) is 12.9. The van der Waals surface area contributed by atoms with E-state index in [4.69, 9.17) is 4.74 Å². The summed E-state index contributed by atoms with van der Waals surface area (Å²) in [5.74, 6) is -0.478. The van der Waals surface area contributed by atoms with Crippen LogP contribution in [-0.4, -0.2) is 28.8 Å². The number of aliphatic hydroxyl groups is 1. The Morgan fingerprint density at radius 2 is 2.00 bits per heavy atom. The first-order valence-corrected chi connectivity index (χ1v) is 9.74. The molecule has 3 rings (SSSR count). The molecule has 1 aromatic carbocycles. The molecule has 0 radical (unpaired) electrons. The molecule has 142 valence electrons. The molecule has 2 aromatic rings. The molecular formula is C21H23NO4S. The predicted octanol–water partition coefficient (Wildman–Crippen LogP) is 4.27. The molecule has 0 spiro atoms. The maximum absolute atomic E-state index is 12.9. The average molecular weight is 385 g/mol. The lowest BCUT2D eigenvalue weighted by atomic mass is 9.91. The van der Waals surface area contributed by atoms with Gasteiger partial charge in [-0.2, -0.15) is 0 Å². The van der Waals surface area contributed by atoms with Crippen molar-refractivity contribution in [3.8, 4) is 5.75 Å². The highest BCUT2D eigenvalue weighted by Gasteiger charge is 2.44. The van der Waals surface area contributed by atoms with Crippen molar-refractivity contribution in [1.82, 2.24) is 4.90 Å². The molecule has 0 saturated carbocycles. The van der Waals surface area contributed by atoms with Crippen molar-refractivity contribution in [2.24, 2.45) is 5.92 Å². The van der Waals surface area contributed by atoms with Crippen LogP contribution < -0.4 is 4.74 Å². The lowest BCUT2D eigenvalue weighted by molar-refractivity contribution is -0.130. The molecular weight excluding hydrogens is 362 g/mol. The van der Waals surface area contributed by atoms with Crippen molar-refractivity contribution in [3.63, 3.8) is 0 Å². The van der Waals surface area contributed by atoms with Crippen LogP contribution in [0.2, 0.25) is 0 Å². The van der Waals surface area contributed by atoms with Gasteiger partial charge < -0.3 is 14.7 Å². The Bertz CT molecular complexity index is 870. The average Bonchev–Trinajstić information content (AvgIpc) is 3.23. The highest BCUT2D eigenvalue weighted by molar-refractivity contribution is 7.09. The molecule has 5 nitrogen and oxygen atoms in total. The van der Waals surface area contributed by atoms with Crippen molar-refractivity contribution in [3.05, 3.63) is 63.6 Å². The van der Waals surface area contributed by atoms with Crippen molar-refractivity contribution in [2.45, 2.75) is 32.9 Å². The number of ether oxygens (including phenoxy) is 1. The number of nitrogens with zero attached hydrogens (tertiary/aromatic N) is 1. The number of benzene rings is 1. The first-order valence-electron chi connectivity index (χ1n) is 8.86. The number of thiophene rings is 1. The van der Waals surface area contributed by atoms with E-state index in [1.54, 1.807) is 18.1 Å². The van der Waals surface area contributed by atoms with Gasteiger partial charge in [-0.1, -0.05) is 38.1 Å². The fourth-order valence-electron chi connectivity index (χ4n) is 3.37. The molecule has 2 heterocycles. The molecule has 1 N–H and O–H groups in total. The molecule has 0 saturated heterocycles. The van der Waals surface area contributed by atoms with E-state index in [2.05, 4.69) is 0 Å². The third kappa shape index (κ3) is 3.76. The van der Waals surface area contributed by atoms with Crippen LogP contribution in [0.1, 0.15) is 36.8 Å². The molecule has 1 aliphatic heterocycles. The highest BCUT2D eigenvalue weighted by Crippen LogP contribution is 2.43. The molecule has 0 bridgehead atoms. The summed E-state index contributed by atoms with van der Waals surface area (Å²) in [7, 11) is 1.55. The number of carbonyl (C=O) groups excluding carboxylic acids is 2. The van der Waals surface area contributed by atoms with Crippen LogP contribution in [0, 0.1) is 5.92 Å². The Hall–Kier alpha value is -2.60. The van der Waals surface area contributed by atoms with E-state index in [1.165, 1.54) is 11.3 Å². The molecule has 1 amide bonds. The molecule has 1 aliphatic rings. The zero-order chi connectivity index (χ0) is 19.6. The van der Waals surface area contributed by atoms with E-state index < -0.39 is 17.7 Å². The fourth-order valence-corrected chi connectivity index (χ4v) is 4.07. The molecule has 1 unspecified atom stereocenters. The number of hydrogen-bond acceptors (Lipinski definition) is 5. The van der Waals surface area contributed by atoms with Crippen LogP contribution in [0.5, 0.6) is 5.75 Å². The van der Waals surface area contributed by atoms with Gasteiger partial charge in [0.1, 0.15) is 5.75 Å². The predicted molar refractivity (Wildman–Crippen MR) is 105 cm³/mol. The number of methoxy groups -OCH3 is 1. The summed E-state index contributed by atoms with van der Waals surface area (Å²) < 4.78 is 5.47. The van der Waals surface area contributed by atoms with Crippen LogP contribution in [0.4, 0.5) is 0 Å². The maximum atomic E-state index is 12.9. The van der Waals surface area contributed by atoms with Crippen molar-refractivity contribution in [1.29, 1.82) is 0 Å². The van der Waals surface area contributed by atoms with Gasteiger partial charge in [0, 0.05) is 16.9 Å². The number of rotatable bonds is 7. The van der Waals surface area contributed by atoms with Crippen molar-refractivity contribution < 1.29 is 19.4 Å². The van der Waals surface area contributed by atoms with Crippen LogP contribution in [0.3, 0.4) is 0 Å². The van der Waals surface area contributed by atoms with Crippen molar-refractivity contribution >= 4 is 23.0 Å². The van der Waals surface area contributed by atoms with E-state index in [0.717, 1.165) is 4.88 Å². The van der Waals surface area contributed by atoms with E-state index in [1.807, 2.05) is 49.6 Å². The van der Waals surface area contributed by atoms with Crippen LogP contribution >= 0.6 is 11.3 Å².